The zero-order chi connectivity index (χ0) is 26.2. The van der Waals surface area contributed by atoms with Crippen molar-refractivity contribution in [1.82, 2.24) is 15.0 Å². The second kappa shape index (κ2) is 7.91. The van der Waals surface area contributed by atoms with Gasteiger partial charge >= 0.3 is 0 Å². The summed E-state index contributed by atoms with van der Waals surface area (Å²) >= 11 is 0. The van der Waals surface area contributed by atoms with Gasteiger partial charge in [0.15, 0.2) is 0 Å². The van der Waals surface area contributed by atoms with E-state index < -0.39 is 0 Å². The van der Waals surface area contributed by atoms with Crippen molar-refractivity contribution in [3.05, 3.63) is 127 Å². The molecule has 0 spiro atoms. The van der Waals surface area contributed by atoms with Crippen molar-refractivity contribution >= 4 is 69.0 Å². The molecule has 4 aliphatic rings. The molecule has 7 heteroatoms. The minimum absolute atomic E-state index is 0.735. The molecule has 0 unspecified atom stereocenters. The summed E-state index contributed by atoms with van der Waals surface area (Å²) in [6.45, 7) is 0. The van der Waals surface area contributed by atoms with Crippen LogP contribution >= 0.6 is 0 Å². The third-order valence-electron chi connectivity index (χ3n) is 7.57. The molecule has 188 valence electrons. The smallest absolute Gasteiger partial charge is 0.142 e. The van der Waals surface area contributed by atoms with Gasteiger partial charge in [0.2, 0.25) is 0 Å². The molecule has 40 heavy (non-hydrogen) atoms. The molecule has 10 rings (SSSR count). The van der Waals surface area contributed by atoms with Crippen molar-refractivity contribution < 1.29 is 0 Å². The highest BCUT2D eigenvalue weighted by atomic mass is 15.3. The summed E-state index contributed by atoms with van der Waals surface area (Å²) in [5, 5.41) is 0. The molecule has 0 amide bonds. The van der Waals surface area contributed by atoms with Crippen LogP contribution in [0.1, 0.15) is 0 Å². The summed E-state index contributed by atoms with van der Waals surface area (Å²) in [4.78, 5) is 24.3. The molecular weight excluding hydrogens is 494 g/mol. The Balaban J connectivity index is 1.54. The minimum Gasteiger partial charge on any atom is -0.295 e. The van der Waals surface area contributed by atoms with E-state index >= 15 is 0 Å². The van der Waals surface area contributed by atoms with E-state index in [-0.39, 0.29) is 0 Å². The number of rotatable bonds is 0. The van der Waals surface area contributed by atoms with Crippen LogP contribution in [0.15, 0.2) is 127 Å². The zero-order valence-corrected chi connectivity index (χ0v) is 21.3. The molecular formula is C33H21N7. The van der Waals surface area contributed by atoms with Crippen LogP contribution in [-0.2, 0) is 0 Å². The van der Waals surface area contributed by atoms with Gasteiger partial charge in [-0.25, -0.2) is 15.0 Å². The minimum atomic E-state index is 0.735. The maximum atomic E-state index is 5.22. The Kier molecular flexibility index (Phi) is 4.20. The lowest BCUT2D eigenvalue weighted by molar-refractivity contribution is 1.04. The van der Waals surface area contributed by atoms with E-state index in [1.807, 2.05) is 41.3 Å². The first kappa shape index (κ1) is 21.3. The molecule has 4 aliphatic heterocycles. The molecule has 0 saturated heterocycles. The van der Waals surface area contributed by atoms with Gasteiger partial charge in [-0.3, -0.25) is 19.6 Å². The second-order valence-corrected chi connectivity index (χ2v) is 9.96. The first-order chi connectivity index (χ1) is 19.8. The van der Waals surface area contributed by atoms with Gasteiger partial charge in [0.05, 0.1) is 0 Å². The molecule has 3 aromatic carbocycles. The lowest BCUT2D eigenvalue weighted by atomic mass is 10.1. The van der Waals surface area contributed by atoms with Crippen LogP contribution in [0.2, 0.25) is 0 Å². The van der Waals surface area contributed by atoms with Gasteiger partial charge in [-0.2, -0.15) is 0 Å². The average molecular weight is 516 g/mol. The number of pyridine rings is 3. The molecule has 0 radical (unpaired) electrons. The third kappa shape index (κ3) is 3.03. The zero-order valence-electron chi connectivity index (χ0n) is 21.3. The number of anilines is 12. The summed E-state index contributed by atoms with van der Waals surface area (Å²) in [6.07, 6.45) is 0. The Bertz CT molecular complexity index is 1490. The third-order valence-corrected chi connectivity index (χ3v) is 7.57. The second-order valence-electron chi connectivity index (χ2n) is 9.96. The fourth-order valence-corrected chi connectivity index (χ4v) is 5.89. The van der Waals surface area contributed by atoms with Crippen molar-refractivity contribution in [1.29, 1.82) is 0 Å². The van der Waals surface area contributed by atoms with Crippen LogP contribution in [0.3, 0.4) is 0 Å². The monoisotopic (exact) mass is 515 g/mol. The summed E-state index contributed by atoms with van der Waals surface area (Å²) in [5.74, 6) is 4.62. The number of aromatic nitrogens is 3. The predicted molar refractivity (Wildman–Crippen MR) is 159 cm³/mol. The summed E-state index contributed by atoms with van der Waals surface area (Å²) in [5.41, 5.74) is 6.03. The largest absolute Gasteiger partial charge is 0.295 e. The van der Waals surface area contributed by atoms with E-state index in [9.17, 15) is 0 Å². The van der Waals surface area contributed by atoms with Crippen LogP contribution in [0, 0.1) is 0 Å². The highest BCUT2D eigenvalue weighted by Gasteiger charge is 2.27. The fourth-order valence-electron chi connectivity index (χ4n) is 5.89. The van der Waals surface area contributed by atoms with Crippen LogP contribution in [0.4, 0.5) is 69.0 Å². The quantitative estimate of drug-likeness (QED) is 0.200. The number of nitrogens with zero attached hydrogens (tertiary/aromatic N) is 7. The van der Waals surface area contributed by atoms with Crippen molar-refractivity contribution in [2.45, 2.75) is 0 Å². The van der Waals surface area contributed by atoms with Gasteiger partial charge in [0.25, 0.3) is 0 Å². The summed E-state index contributed by atoms with van der Waals surface area (Å²) < 4.78 is 0. The molecule has 0 fully saturated rings. The predicted octanol–water partition coefficient (Wildman–Crippen LogP) is 8.69. The maximum Gasteiger partial charge on any atom is 0.142 e. The first-order valence-corrected chi connectivity index (χ1v) is 13.2. The van der Waals surface area contributed by atoms with E-state index in [4.69, 9.17) is 15.0 Å². The molecule has 3 aromatic heterocycles. The highest BCUT2D eigenvalue weighted by molar-refractivity contribution is 5.89. The molecule has 0 N–H and O–H groups in total. The van der Waals surface area contributed by atoms with Crippen LogP contribution in [-0.4, -0.2) is 15.0 Å². The number of benzene rings is 3. The SMILES string of the molecule is c1cc2cc(c1)N1c3cccc(c3)N3c4cccc(c4)N2c2cccc(n2)N(c2cccc1n2)c1cccc3n1. The average Bonchev–Trinajstić information content (AvgIpc) is 2.98. The molecule has 0 atom stereocenters. The van der Waals surface area contributed by atoms with Gasteiger partial charge in [0, 0.05) is 34.1 Å². The Morgan fingerprint density at radius 3 is 0.775 bits per heavy atom. The van der Waals surface area contributed by atoms with Crippen molar-refractivity contribution in [3.8, 4) is 0 Å². The van der Waals surface area contributed by atoms with E-state index in [0.29, 0.717) is 0 Å². The normalized spacial score (nSPS) is 13.8. The number of hydrogen-bond donors (Lipinski definition) is 0. The topological polar surface area (TPSA) is 51.6 Å². The molecule has 16 bridgehead atoms. The molecule has 0 aliphatic carbocycles. The van der Waals surface area contributed by atoms with Crippen LogP contribution < -0.4 is 19.6 Å². The van der Waals surface area contributed by atoms with Gasteiger partial charge < -0.3 is 0 Å². The van der Waals surface area contributed by atoms with Crippen LogP contribution in [0.5, 0.6) is 0 Å². The highest BCUT2D eigenvalue weighted by Crippen LogP contribution is 2.47. The first-order valence-electron chi connectivity index (χ1n) is 13.2. The van der Waals surface area contributed by atoms with E-state index in [1.165, 1.54) is 0 Å². The number of hydrogen-bond acceptors (Lipinski definition) is 7. The summed E-state index contributed by atoms with van der Waals surface area (Å²) in [6, 6.07) is 44.0. The Labute approximate surface area is 230 Å². The lowest BCUT2D eigenvalue weighted by Crippen LogP contribution is -2.22. The van der Waals surface area contributed by atoms with Crippen molar-refractivity contribution in [3.63, 3.8) is 0 Å². The Morgan fingerprint density at radius 1 is 0.275 bits per heavy atom. The van der Waals surface area contributed by atoms with Gasteiger partial charge in [-0.05, 0) is 91.0 Å². The van der Waals surface area contributed by atoms with Gasteiger partial charge in [-0.15, -0.1) is 0 Å². The summed E-state index contributed by atoms with van der Waals surface area (Å²) in [7, 11) is 0. The van der Waals surface area contributed by atoms with Gasteiger partial charge in [0.1, 0.15) is 34.9 Å². The van der Waals surface area contributed by atoms with E-state index in [0.717, 1.165) is 69.0 Å². The van der Waals surface area contributed by atoms with E-state index in [1.54, 1.807) is 0 Å². The van der Waals surface area contributed by atoms with E-state index in [2.05, 4.69) is 106 Å². The molecule has 7 nitrogen and oxygen atoms in total. The molecule has 7 heterocycles. The molecule has 6 aromatic rings. The van der Waals surface area contributed by atoms with Crippen molar-refractivity contribution in [2.75, 3.05) is 19.6 Å². The Morgan fingerprint density at radius 2 is 0.500 bits per heavy atom. The fraction of sp³-hybridized carbons (Fsp3) is 0. The standard InChI is InChI=1S/C33H21N7/c1-7-22-19-23(8-1)38-25-10-3-12-27(21-25)39-26-11-2-9-24(20-26)37(22)28-13-4-16-31(34-28)40(32-17-5-14-29(38)35-32)33-18-6-15-30(39)36-33/h1-21H. The molecule has 0 saturated carbocycles. The van der Waals surface area contributed by atoms with Crippen molar-refractivity contribution in [2.24, 2.45) is 0 Å². The lowest BCUT2D eigenvalue weighted by Gasteiger charge is -2.34. The van der Waals surface area contributed by atoms with Crippen LogP contribution in [0.25, 0.3) is 0 Å². The van der Waals surface area contributed by atoms with Gasteiger partial charge in [-0.1, -0.05) is 36.4 Å². The Hall–Kier alpha value is -5.69. The maximum absolute atomic E-state index is 5.22.